The van der Waals surface area contributed by atoms with Crippen LogP contribution in [0.3, 0.4) is 0 Å². The van der Waals surface area contributed by atoms with Gasteiger partial charge >= 0.3 is 6.92 Å². The highest BCUT2D eigenvalue weighted by Crippen LogP contribution is 1.92. The molecule has 1 aromatic rings. The summed E-state index contributed by atoms with van der Waals surface area (Å²) in [6.45, 7) is -1.16. The van der Waals surface area contributed by atoms with Crippen LogP contribution in [0.4, 0.5) is 0 Å². The Kier molecular flexibility index (Phi) is 3.02. The number of aliphatic hydroxyl groups is 1. The fraction of sp³-hybridized carbons (Fsp3) is 0.125. The van der Waals surface area contributed by atoms with Gasteiger partial charge in [-0.05, 0) is 5.46 Å². The van der Waals surface area contributed by atoms with E-state index in [1.807, 2.05) is 0 Å². The van der Waals surface area contributed by atoms with Crippen molar-refractivity contribution >= 4 is 18.7 Å². The van der Waals surface area contributed by atoms with Crippen molar-refractivity contribution in [2.45, 2.75) is 0 Å². The van der Waals surface area contributed by atoms with Crippen molar-refractivity contribution in [3.8, 4) is 0 Å². The average molecular weight is 164 g/mol. The molecule has 0 amide bonds. The van der Waals surface area contributed by atoms with E-state index in [1.54, 1.807) is 24.3 Å². The molecule has 0 bridgehead atoms. The zero-order valence-electron chi connectivity index (χ0n) is 6.47. The largest absolute Gasteiger partial charge is 0.445 e. The van der Waals surface area contributed by atoms with Crippen molar-refractivity contribution in [3.05, 3.63) is 29.8 Å². The lowest BCUT2D eigenvalue weighted by atomic mass is 9.63. The van der Waals surface area contributed by atoms with Crippen molar-refractivity contribution in [1.82, 2.24) is 0 Å². The van der Waals surface area contributed by atoms with Gasteiger partial charge in [-0.1, -0.05) is 24.3 Å². The molecular formula is C8H9BO3. The summed E-state index contributed by atoms with van der Waals surface area (Å²) in [6.07, 6.45) is 0.731. The van der Waals surface area contributed by atoms with Crippen LogP contribution in [0, 0.1) is 0 Å². The van der Waals surface area contributed by atoms with Crippen LogP contribution in [0.5, 0.6) is 0 Å². The second kappa shape index (κ2) is 4.04. The summed E-state index contributed by atoms with van der Waals surface area (Å²) >= 11 is 0. The quantitative estimate of drug-likeness (QED) is 0.455. The van der Waals surface area contributed by atoms with Gasteiger partial charge in [-0.25, -0.2) is 0 Å². The summed E-state index contributed by atoms with van der Waals surface area (Å²) in [6, 6.07) is 6.43. The minimum Gasteiger partial charge on any atom is -0.445 e. The highest BCUT2D eigenvalue weighted by atomic mass is 16.3. The SMILES string of the molecule is O=Cc1ccc(B(O)CO)cc1. The van der Waals surface area contributed by atoms with Crippen molar-refractivity contribution in [2.75, 3.05) is 6.51 Å². The summed E-state index contributed by atoms with van der Waals surface area (Å²) in [5, 5.41) is 17.7. The third-order valence-corrected chi connectivity index (χ3v) is 1.63. The summed E-state index contributed by atoms with van der Waals surface area (Å²) < 4.78 is 0. The summed E-state index contributed by atoms with van der Waals surface area (Å²) in [7, 11) is 0. The van der Waals surface area contributed by atoms with Gasteiger partial charge in [0.25, 0.3) is 0 Å². The highest BCUT2D eigenvalue weighted by molar-refractivity contribution is 6.65. The van der Waals surface area contributed by atoms with E-state index in [9.17, 15) is 4.79 Å². The second-order valence-electron chi connectivity index (χ2n) is 2.48. The fourth-order valence-corrected chi connectivity index (χ4v) is 0.902. The predicted molar refractivity (Wildman–Crippen MR) is 46.5 cm³/mol. The number of aliphatic hydroxyl groups excluding tert-OH is 1. The van der Waals surface area contributed by atoms with Gasteiger partial charge in [-0.15, -0.1) is 0 Å². The van der Waals surface area contributed by atoms with Crippen LogP contribution in [-0.2, 0) is 0 Å². The highest BCUT2D eigenvalue weighted by Gasteiger charge is 2.11. The molecule has 0 unspecified atom stereocenters. The van der Waals surface area contributed by atoms with Crippen molar-refractivity contribution in [1.29, 1.82) is 0 Å². The molecule has 0 radical (unpaired) electrons. The zero-order valence-corrected chi connectivity index (χ0v) is 6.47. The minimum absolute atomic E-state index is 0.305. The maximum Gasteiger partial charge on any atom is 0.350 e. The number of benzene rings is 1. The Hall–Kier alpha value is -1.13. The molecule has 1 aromatic carbocycles. The van der Waals surface area contributed by atoms with E-state index >= 15 is 0 Å². The van der Waals surface area contributed by atoms with E-state index in [1.165, 1.54) is 0 Å². The molecule has 0 aliphatic rings. The smallest absolute Gasteiger partial charge is 0.350 e. The van der Waals surface area contributed by atoms with Crippen molar-refractivity contribution in [3.63, 3.8) is 0 Å². The zero-order chi connectivity index (χ0) is 8.97. The van der Waals surface area contributed by atoms with Gasteiger partial charge in [0.05, 0.1) is 6.51 Å². The molecule has 0 aliphatic heterocycles. The Morgan fingerprint density at radius 1 is 1.33 bits per heavy atom. The number of carbonyl (C=O) groups is 1. The number of carbonyl (C=O) groups excluding carboxylic acids is 1. The number of aldehydes is 1. The fourth-order valence-electron chi connectivity index (χ4n) is 0.902. The molecule has 0 aromatic heterocycles. The lowest BCUT2D eigenvalue weighted by Crippen LogP contribution is -2.34. The van der Waals surface area contributed by atoms with Crippen LogP contribution in [0.25, 0.3) is 0 Å². The monoisotopic (exact) mass is 164 g/mol. The molecule has 0 saturated carbocycles. The maximum atomic E-state index is 10.2. The maximum absolute atomic E-state index is 10.2. The Morgan fingerprint density at radius 2 is 1.92 bits per heavy atom. The molecule has 0 aliphatic carbocycles. The first-order valence-electron chi connectivity index (χ1n) is 3.62. The van der Waals surface area contributed by atoms with Crippen molar-refractivity contribution in [2.24, 2.45) is 0 Å². The van der Waals surface area contributed by atoms with E-state index in [0.29, 0.717) is 11.0 Å². The van der Waals surface area contributed by atoms with Crippen LogP contribution in [-0.4, -0.2) is 29.8 Å². The third-order valence-electron chi connectivity index (χ3n) is 1.63. The lowest BCUT2D eigenvalue weighted by Gasteiger charge is -2.01. The van der Waals surface area contributed by atoms with E-state index < -0.39 is 6.92 Å². The van der Waals surface area contributed by atoms with E-state index in [0.717, 1.165) is 6.29 Å². The number of hydrogen-bond acceptors (Lipinski definition) is 3. The predicted octanol–water partition coefficient (Wildman–Crippen LogP) is -0.779. The van der Waals surface area contributed by atoms with Crippen LogP contribution < -0.4 is 5.46 Å². The summed E-state index contributed by atoms with van der Waals surface area (Å²) in [5.74, 6) is 0. The summed E-state index contributed by atoms with van der Waals surface area (Å²) in [4.78, 5) is 10.2. The molecule has 0 spiro atoms. The van der Waals surface area contributed by atoms with Crippen LogP contribution >= 0.6 is 0 Å². The normalized spacial score (nSPS) is 9.50. The molecule has 1 rings (SSSR count). The first-order valence-corrected chi connectivity index (χ1v) is 3.62. The third kappa shape index (κ3) is 1.93. The van der Waals surface area contributed by atoms with Gasteiger partial charge in [0, 0.05) is 5.56 Å². The molecule has 0 atom stereocenters. The van der Waals surface area contributed by atoms with E-state index in [-0.39, 0.29) is 6.51 Å². The Labute approximate surface area is 70.8 Å². The Morgan fingerprint density at radius 3 is 2.33 bits per heavy atom. The minimum atomic E-state index is -0.856. The van der Waals surface area contributed by atoms with E-state index in [2.05, 4.69) is 0 Å². The molecule has 4 heteroatoms. The molecule has 62 valence electrons. The molecule has 2 N–H and O–H groups in total. The van der Waals surface area contributed by atoms with Gasteiger partial charge in [0.2, 0.25) is 0 Å². The first kappa shape index (κ1) is 8.97. The topological polar surface area (TPSA) is 57.5 Å². The molecule has 0 saturated heterocycles. The second-order valence-corrected chi connectivity index (χ2v) is 2.48. The van der Waals surface area contributed by atoms with Gasteiger partial charge in [0.1, 0.15) is 6.29 Å². The van der Waals surface area contributed by atoms with Crippen LogP contribution in [0.2, 0.25) is 0 Å². The van der Waals surface area contributed by atoms with Gasteiger partial charge < -0.3 is 10.1 Å². The lowest BCUT2D eigenvalue weighted by molar-refractivity contribution is 0.112. The molecule has 12 heavy (non-hydrogen) atoms. The first-order chi connectivity index (χ1) is 5.77. The summed E-state index contributed by atoms with van der Waals surface area (Å²) in [5.41, 5.74) is 1.17. The van der Waals surface area contributed by atoms with Gasteiger partial charge in [-0.2, -0.15) is 0 Å². The van der Waals surface area contributed by atoms with Gasteiger partial charge in [-0.3, -0.25) is 4.79 Å². The molecule has 0 fully saturated rings. The van der Waals surface area contributed by atoms with E-state index in [4.69, 9.17) is 10.1 Å². The number of hydrogen-bond donors (Lipinski definition) is 2. The number of rotatable bonds is 3. The van der Waals surface area contributed by atoms with Crippen LogP contribution in [0.15, 0.2) is 24.3 Å². The standard InChI is InChI=1S/C8H9BO3/c10-5-7-1-3-8(4-2-7)9(12)6-11/h1-5,11-12H,6H2. The van der Waals surface area contributed by atoms with Crippen molar-refractivity contribution < 1.29 is 14.9 Å². The Balaban J connectivity index is 2.84. The molecule has 3 nitrogen and oxygen atoms in total. The average Bonchev–Trinajstić information content (AvgIpc) is 2.17. The molecule has 0 heterocycles. The van der Waals surface area contributed by atoms with Crippen LogP contribution in [0.1, 0.15) is 10.4 Å². The van der Waals surface area contributed by atoms with Gasteiger partial charge in [0.15, 0.2) is 0 Å². The molecular weight excluding hydrogens is 155 g/mol. The Bertz CT molecular complexity index is 258.